The summed E-state index contributed by atoms with van der Waals surface area (Å²) in [5, 5.41) is 5.20. The molecule has 0 amide bonds. The van der Waals surface area contributed by atoms with Crippen LogP contribution in [0.1, 0.15) is 11.6 Å². The number of halogens is 1. The third kappa shape index (κ3) is 2.84. The maximum Gasteiger partial charge on any atom is 0.0755 e. The second kappa shape index (κ2) is 6.12. The number of para-hydroxylation sites is 2. The predicted molar refractivity (Wildman–Crippen MR) is 88.6 cm³/mol. The molecule has 1 aromatic heterocycles. The van der Waals surface area contributed by atoms with Gasteiger partial charge in [-0.05, 0) is 18.2 Å². The Kier molecular flexibility index (Phi) is 4.04. The molecule has 0 saturated heterocycles. The fourth-order valence-electron chi connectivity index (χ4n) is 2.44. The average Bonchev–Trinajstić information content (AvgIpc) is 2.54. The van der Waals surface area contributed by atoms with Gasteiger partial charge >= 0.3 is 0 Å². The fraction of sp³-hybridized carbons (Fsp3) is 0.118. The van der Waals surface area contributed by atoms with Gasteiger partial charge in [0.1, 0.15) is 0 Å². The molecule has 3 rings (SSSR count). The first-order valence-electron chi connectivity index (χ1n) is 6.84. The van der Waals surface area contributed by atoms with Crippen LogP contribution in [0.3, 0.4) is 0 Å². The second-order valence-electron chi connectivity index (χ2n) is 4.83. The summed E-state index contributed by atoms with van der Waals surface area (Å²) >= 11 is 6.21. The molecule has 3 nitrogen and oxygen atoms in total. The van der Waals surface area contributed by atoms with Gasteiger partial charge in [-0.2, -0.15) is 0 Å². The molecule has 1 heterocycles. The van der Waals surface area contributed by atoms with Crippen LogP contribution in [-0.4, -0.2) is 11.5 Å². The van der Waals surface area contributed by atoms with Crippen LogP contribution in [0.25, 0.3) is 10.9 Å². The first-order chi connectivity index (χ1) is 10.3. The normalized spacial score (nSPS) is 12.3. The predicted octanol–water partition coefficient (Wildman–Crippen LogP) is 4.00. The zero-order valence-electron chi connectivity index (χ0n) is 11.5. The lowest BCUT2D eigenvalue weighted by Gasteiger charge is -2.20. The van der Waals surface area contributed by atoms with Gasteiger partial charge in [-0.1, -0.05) is 48.0 Å². The Labute approximate surface area is 128 Å². The summed E-state index contributed by atoms with van der Waals surface area (Å²) in [4.78, 5) is 4.49. The van der Waals surface area contributed by atoms with Crippen molar-refractivity contribution in [3.05, 3.63) is 71.4 Å². The third-order valence-electron chi connectivity index (χ3n) is 3.48. The van der Waals surface area contributed by atoms with Crippen molar-refractivity contribution < 1.29 is 0 Å². The summed E-state index contributed by atoms with van der Waals surface area (Å²) in [6.07, 6.45) is 1.80. The minimum absolute atomic E-state index is 0.0384. The highest BCUT2D eigenvalue weighted by atomic mass is 35.5. The highest BCUT2D eigenvalue weighted by Crippen LogP contribution is 2.28. The Morgan fingerprint density at radius 3 is 2.67 bits per heavy atom. The maximum absolute atomic E-state index is 6.21. The lowest BCUT2D eigenvalue weighted by Crippen LogP contribution is -2.21. The minimum atomic E-state index is -0.0384. The summed E-state index contributed by atoms with van der Waals surface area (Å²) in [5.74, 6) is 0. The number of hydrogen-bond acceptors (Lipinski definition) is 3. The van der Waals surface area contributed by atoms with E-state index in [1.54, 1.807) is 6.20 Å². The van der Waals surface area contributed by atoms with Crippen LogP contribution in [-0.2, 0) is 0 Å². The summed E-state index contributed by atoms with van der Waals surface area (Å²) in [6.45, 7) is 0.459. The quantitative estimate of drug-likeness (QED) is 0.765. The molecule has 0 saturated carbocycles. The number of anilines is 1. The van der Waals surface area contributed by atoms with Crippen LogP contribution in [0, 0.1) is 0 Å². The van der Waals surface area contributed by atoms with Crippen molar-refractivity contribution >= 4 is 28.2 Å². The smallest absolute Gasteiger partial charge is 0.0755 e. The molecule has 0 aliphatic rings. The van der Waals surface area contributed by atoms with E-state index in [4.69, 9.17) is 17.3 Å². The number of nitrogens with two attached hydrogens (primary N) is 1. The Balaban J connectivity index is 2.01. The Hall–Kier alpha value is -2.10. The summed E-state index contributed by atoms with van der Waals surface area (Å²) in [6, 6.07) is 17.7. The summed E-state index contributed by atoms with van der Waals surface area (Å²) in [7, 11) is 0. The zero-order valence-corrected chi connectivity index (χ0v) is 12.2. The Bertz CT molecular complexity index is 752. The SMILES string of the molecule is NCC(Nc1ccccc1Cl)c1cccc2cccnc12. The van der Waals surface area contributed by atoms with Gasteiger partial charge in [-0.3, -0.25) is 4.98 Å². The van der Waals surface area contributed by atoms with Crippen LogP contribution in [0.4, 0.5) is 5.69 Å². The maximum atomic E-state index is 6.21. The standard InChI is InChI=1S/C17H16ClN3/c18-14-8-1-2-9-15(14)21-16(11-19)13-7-3-5-12-6-4-10-20-17(12)13/h1-10,16,21H,11,19H2. The van der Waals surface area contributed by atoms with Gasteiger partial charge in [-0.15, -0.1) is 0 Å². The molecule has 106 valence electrons. The van der Waals surface area contributed by atoms with Gasteiger partial charge in [0.2, 0.25) is 0 Å². The van der Waals surface area contributed by atoms with Crippen molar-refractivity contribution in [3.8, 4) is 0 Å². The number of rotatable bonds is 4. The molecule has 0 aliphatic heterocycles. The molecule has 0 fully saturated rings. The number of nitrogens with zero attached hydrogens (tertiary/aromatic N) is 1. The van der Waals surface area contributed by atoms with Crippen molar-refractivity contribution in [1.29, 1.82) is 0 Å². The molecule has 2 aromatic carbocycles. The molecule has 21 heavy (non-hydrogen) atoms. The van der Waals surface area contributed by atoms with Gasteiger partial charge in [0.25, 0.3) is 0 Å². The number of hydrogen-bond donors (Lipinski definition) is 2. The van der Waals surface area contributed by atoms with Gasteiger partial charge in [0.05, 0.1) is 22.3 Å². The molecule has 0 radical (unpaired) electrons. The van der Waals surface area contributed by atoms with E-state index < -0.39 is 0 Å². The number of fused-ring (bicyclic) bond motifs is 1. The van der Waals surface area contributed by atoms with Crippen LogP contribution >= 0.6 is 11.6 Å². The molecule has 3 N–H and O–H groups in total. The van der Waals surface area contributed by atoms with Gasteiger partial charge in [0.15, 0.2) is 0 Å². The third-order valence-corrected chi connectivity index (χ3v) is 3.81. The van der Waals surface area contributed by atoms with Crippen molar-refractivity contribution in [2.75, 3.05) is 11.9 Å². The monoisotopic (exact) mass is 297 g/mol. The zero-order chi connectivity index (χ0) is 14.7. The van der Waals surface area contributed by atoms with E-state index in [0.29, 0.717) is 11.6 Å². The van der Waals surface area contributed by atoms with Gasteiger partial charge in [-0.25, -0.2) is 0 Å². The van der Waals surface area contributed by atoms with Crippen LogP contribution in [0.5, 0.6) is 0 Å². The molecule has 0 spiro atoms. The van der Waals surface area contributed by atoms with Gasteiger partial charge in [0, 0.05) is 23.7 Å². The van der Waals surface area contributed by atoms with E-state index in [9.17, 15) is 0 Å². The molecule has 4 heteroatoms. The Morgan fingerprint density at radius 1 is 1.05 bits per heavy atom. The number of benzene rings is 2. The second-order valence-corrected chi connectivity index (χ2v) is 5.24. The molecule has 3 aromatic rings. The number of nitrogens with one attached hydrogen (secondary N) is 1. The first-order valence-corrected chi connectivity index (χ1v) is 7.22. The van der Waals surface area contributed by atoms with E-state index in [2.05, 4.69) is 28.5 Å². The lowest BCUT2D eigenvalue weighted by atomic mass is 10.0. The number of pyridine rings is 1. The molecule has 0 bridgehead atoms. The van der Waals surface area contributed by atoms with Crippen LogP contribution < -0.4 is 11.1 Å². The minimum Gasteiger partial charge on any atom is -0.376 e. The highest BCUT2D eigenvalue weighted by Gasteiger charge is 2.14. The van der Waals surface area contributed by atoms with E-state index in [0.717, 1.165) is 22.2 Å². The first kappa shape index (κ1) is 13.9. The molecule has 1 atom stereocenters. The largest absolute Gasteiger partial charge is 0.376 e. The number of aromatic nitrogens is 1. The average molecular weight is 298 g/mol. The van der Waals surface area contributed by atoms with Crippen LogP contribution in [0.2, 0.25) is 5.02 Å². The van der Waals surface area contributed by atoms with E-state index in [-0.39, 0.29) is 6.04 Å². The van der Waals surface area contributed by atoms with E-state index >= 15 is 0 Å². The van der Waals surface area contributed by atoms with Crippen LogP contribution in [0.15, 0.2) is 60.8 Å². The van der Waals surface area contributed by atoms with Crippen molar-refractivity contribution in [2.45, 2.75) is 6.04 Å². The topological polar surface area (TPSA) is 50.9 Å². The van der Waals surface area contributed by atoms with Crippen molar-refractivity contribution in [1.82, 2.24) is 4.98 Å². The lowest BCUT2D eigenvalue weighted by molar-refractivity contribution is 0.794. The van der Waals surface area contributed by atoms with Crippen molar-refractivity contribution in [3.63, 3.8) is 0 Å². The van der Waals surface area contributed by atoms with E-state index in [1.807, 2.05) is 36.4 Å². The summed E-state index contributed by atoms with van der Waals surface area (Å²) in [5.41, 5.74) is 8.88. The molecule has 1 unspecified atom stereocenters. The molecular formula is C17H16ClN3. The fourth-order valence-corrected chi connectivity index (χ4v) is 2.63. The molecular weight excluding hydrogens is 282 g/mol. The molecule has 0 aliphatic carbocycles. The van der Waals surface area contributed by atoms with Gasteiger partial charge < -0.3 is 11.1 Å². The van der Waals surface area contributed by atoms with E-state index in [1.165, 1.54) is 0 Å². The van der Waals surface area contributed by atoms with Crippen molar-refractivity contribution in [2.24, 2.45) is 5.73 Å². The summed E-state index contributed by atoms with van der Waals surface area (Å²) < 4.78 is 0. The Morgan fingerprint density at radius 2 is 1.86 bits per heavy atom. The highest BCUT2D eigenvalue weighted by molar-refractivity contribution is 6.33.